The molecule has 100 valence electrons. The Morgan fingerprint density at radius 2 is 2.11 bits per heavy atom. The smallest absolute Gasteiger partial charge is 0.272 e. The van der Waals surface area contributed by atoms with E-state index in [2.05, 4.69) is 35.1 Å². The first-order valence-corrected chi connectivity index (χ1v) is 6.97. The second kappa shape index (κ2) is 6.85. The van der Waals surface area contributed by atoms with Gasteiger partial charge in [0.05, 0.1) is 4.92 Å². The van der Waals surface area contributed by atoms with Crippen molar-refractivity contribution in [1.29, 1.82) is 0 Å². The van der Waals surface area contributed by atoms with Gasteiger partial charge < -0.3 is 5.32 Å². The number of nitro benzene ring substituents is 1. The molecule has 0 amide bonds. The maximum atomic E-state index is 11.1. The summed E-state index contributed by atoms with van der Waals surface area (Å²) in [6.45, 7) is 7.03. The second-order valence-electron chi connectivity index (χ2n) is 4.32. The molecule has 1 rings (SSSR count). The van der Waals surface area contributed by atoms with Gasteiger partial charge in [-0.1, -0.05) is 29.8 Å². The van der Waals surface area contributed by atoms with Gasteiger partial charge >= 0.3 is 0 Å². The fourth-order valence-electron chi connectivity index (χ4n) is 2.30. The SMILES string of the molecule is CCNC(C)C(CC)c1cc(Br)ccc1[N+](=O)[O-]. The standard InChI is InChI=1S/C13H19BrN2O2/c1-4-11(9(3)15-5-2)12-8-10(14)6-7-13(12)16(17)18/h6-9,11,15H,4-5H2,1-3H3. The third-order valence-electron chi connectivity index (χ3n) is 3.16. The third-order valence-corrected chi connectivity index (χ3v) is 3.65. The highest BCUT2D eigenvalue weighted by Crippen LogP contribution is 2.33. The number of halogens is 1. The highest BCUT2D eigenvalue weighted by atomic mass is 79.9. The Kier molecular flexibility index (Phi) is 5.75. The summed E-state index contributed by atoms with van der Waals surface area (Å²) >= 11 is 3.39. The number of nitrogens with zero attached hydrogens (tertiary/aromatic N) is 1. The molecule has 1 aromatic rings. The highest BCUT2D eigenvalue weighted by molar-refractivity contribution is 9.10. The zero-order valence-electron chi connectivity index (χ0n) is 10.9. The fraction of sp³-hybridized carbons (Fsp3) is 0.538. The van der Waals surface area contributed by atoms with Gasteiger partial charge in [0, 0.05) is 28.1 Å². The van der Waals surface area contributed by atoms with Crippen molar-refractivity contribution in [3.05, 3.63) is 38.3 Å². The number of rotatable bonds is 6. The molecule has 0 aliphatic rings. The van der Waals surface area contributed by atoms with Gasteiger partial charge in [0.1, 0.15) is 0 Å². The molecule has 4 nitrogen and oxygen atoms in total. The van der Waals surface area contributed by atoms with Gasteiger partial charge in [0.2, 0.25) is 0 Å². The number of likely N-dealkylation sites (N-methyl/N-ethyl adjacent to an activating group) is 1. The monoisotopic (exact) mass is 314 g/mol. The van der Waals surface area contributed by atoms with Crippen molar-refractivity contribution in [2.75, 3.05) is 6.54 Å². The zero-order valence-corrected chi connectivity index (χ0v) is 12.5. The number of hydrogen-bond acceptors (Lipinski definition) is 3. The fourth-order valence-corrected chi connectivity index (χ4v) is 2.67. The van der Waals surface area contributed by atoms with Crippen LogP contribution in [-0.4, -0.2) is 17.5 Å². The first-order chi connectivity index (χ1) is 8.51. The van der Waals surface area contributed by atoms with Crippen LogP contribution in [0.4, 0.5) is 5.69 Å². The molecule has 0 aliphatic heterocycles. The predicted molar refractivity (Wildman–Crippen MR) is 77.0 cm³/mol. The van der Waals surface area contributed by atoms with Crippen LogP contribution in [0, 0.1) is 10.1 Å². The predicted octanol–water partition coefficient (Wildman–Crippen LogP) is 3.85. The molecule has 1 aromatic carbocycles. The molecule has 0 fully saturated rings. The number of nitrogens with one attached hydrogen (secondary N) is 1. The van der Waals surface area contributed by atoms with E-state index in [0.29, 0.717) is 0 Å². The highest BCUT2D eigenvalue weighted by Gasteiger charge is 2.25. The van der Waals surface area contributed by atoms with Crippen molar-refractivity contribution >= 4 is 21.6 Å². The van der Waals surface area contributed by atoms with Gasteiger partial charge in [-0.2, -0.15) is 0 Å². The number of nitro groups is 1. The van der Waals surface area contributed by atoms with Crippen LogP contribution < -0.4 is 5.32 Å². The van der Waals surface area contributed by atoms with Crippen molar-refractivity contribution in [3.8, 4) is 0 Å². The van der Waals surface area contributed by atoms with Gasteiger partial charge in [0.15, 0.2) is 0 Å². The first-order valence-electron chi connectivity index (χ1n) is 6.18. The average Bonchev–Trinajstić information content (AvgIpc) is 2.30. The van der Waals surface area contributed by atoms with E-state index in [9.17, 15) is 10.1 Å². The molecule has 0 heterocycles. The summed E-state index contributed by atoms with van der Waals surface area (Å²) in [6, 6.07) is 5.36. The lowest BCUT2D eigenvalue weighted by molar-refractivity contribution is -0.385. The Balaban J connectivity index is 3.18. The summed E-state index contributed by atoms with van der Waals surface area (Å²) in [7, 11) is 0. The minimum absolute atomic E-state index is 0.142. The third kappa shape index (κ3) is 3.53. The van der Waals surface area contributed by atoms with Crippen LogP contribution in [0.5, 0.6) is 0 Å². The van der Waals surface area contributed by atoms with E-state index in [1.165, 1.54) is 0 Å². The minimum atomic E-state index is -0.302. The van der Waals surface area contributed by atoms with E-state index in [4.69, 9.17) is 0 Å². The van der Waals surface area contributed by atoms with Crippen LogP contribution in [0.15, 0.2) is 22.7 Å². The quantitative estimate of drug-likeness (QED) is 0.641. The van der Waals surface area contributed by atoms with Gasteiger partial charge in [-0.15, -0.1) is 0 Å². The molecule has 0 radical (unpaired) electrons. The lowest BCUT2D eigenvalue weighted by atomic mass is 9.89. The molecule has 0 spiro atoms. The second-order valence-corrected chi connectivity index (χ2v) is 5.24. The zero-order chi connectivity index (χ0) is 13.7. The van der Waals surface area contributed by atoms with E-state index in [0.717, 1.165) is 23.0 Å². The van der Waals surface area contributed by atoms with Crippen LogP contribution in [-0.2, 0) is 0 Å². The Morgan fingerprint density at radius 3 is 2.61 bits per heavy atom. The molecule has 18 heavy (non-hydrogen) atoms. The maximum Gasteiger partial charge on any atom is 0.272 e. The summed E-state index contributed by atoms with van der Waals surface area (Å²) in [4.78, 5) is 10.8. The molecule has 2 atom stereocenters. The van der Waals surface area contributed by atoms with Gasteiger partial charge in [0.25, 0.3) is 5.69 Å². The molecule has 0 bridgehead atoms. The molecule has 0 saturated heterocycles. The molecule has 0 aliphatic carbocycles. The van der Waals surface area contributed by atoms with Crippen LogP contribution in [0.2, 0.25) is 0 Å². The van der Waals surface area contributed by atoms with E-state index in [1.54, 1.807) is 12.1 Å². The summed E-state index contributed by atoms with van der Waals surface area (Å²) in [6.07, 6.45) is 0.867. The van der Waals surface area contributed by atoms with Crippen molar-refractivity contribution in [2.24, 2.45) is 0 Å². The van der Waals surface area contributed by atoms with E-state index >= 15 is 0 Å². The lowest BCUT2D eigenvalue weighted by Gasteiger charge is -2.23. The number of hydrogen-bond donors (Lipinski definition) is 1. The minimum Gasteiger partial charge on any atom is -0.314 e. The molecule has 1 N–H and O–H groups in total. The van der Waals surface area contributed by atoms with Crippen LogP contribution >= 0.6 is 15.9 Å². The molecular formula is C13H19BrN2O2. The lowest BCUT2D eigenvalue weighted by Crippen LogP contribution is -2.32. The summed E-state index contributed by atoms with van der Waals surface area (Å²) < 4.78 is 0.880. The topological polar surface area (TPSA) is 55.2 Å². The normalized spacial score (nSPS) is 14.2. The van der Waals surface area contributed by atoms with E-state index < -0.39 is 0 Å². The Bertz CT molecular complexity index is 423. The molecule has 2 unspecified atom stereocenters. The van der Waals surface area contributed by atoms with Crippen LogP contribution in [0.3, 0.4) is 0 Å². The van der Waals surface area contributed by atoms with E-state index in [-0.39, 0.29) is 22.6 Å². The summed E-state index contributed by atoms with van der Waals surface area (Å²) in [5, 5.41) is 14.4. The largest absolute Gasteiger partial charge is 0.314 e. The van der Waals surface area contributed by atoms with Gasteiger partial charge in [-0.05, 0) is 32.0 Å². The van der Waals surface area contributed by atoms with Crippen LogP contribution in [0.1, 0.15) is 38.7 Å². The molecule has 0 saturated carbocycles. The van der Waals surface area contributed by atoms with Gasteiger partial charge in [-0.25, -0.2) is 0 Å². The Labute approximate surface area is 116 Å². The Hall–Kier alpha value is -0.940. The molecular weight excluding hydrogens is 296 g/mol. The summed E-state index contributed by atoms with van der Waals surface area (Å²) in [5.41, 5.74) is 1.00. The Morgan fingerprint density at radius 1 is 1.44 bits per heavy atom. The van der Waals surface area contributed by atoms with Crippen molar-refractivity contribution < 1.29 is 4.92 Å². The van der Waals surface area contributed by atoms with Gasteiger partial charge in [-0.3, -0.25) is 10.1 Å². The maximum absolute atomic E-state index is 11.1. The molecule has 5 heteroatoms. The summed E-state index contributed by atoms with van der Waals surface area (Å²) in [5.74, 6) is 0.142. The van der Waals surface area contributed by atoms with E-state index in [1.807, 2.05) is 13.0 Å². The van der Waals surface area contributed by atoms with Crippen molar-refractivity contribution in [2.45, 2.75) is 39.2 Å². The first kappa shape index (κ1) is 15.1. The average molecular weight is 315 g/mol. The van der Waals surface area contributed by atoms with Crippen molar-refractivity contribution in [3.63, 3.8) is 0 Å². The van der Waals surface area contributed by atoms with Crippen LogP contribution in [0.25, 0.3) is 0 Å². The number of benzene rings is 1. The molecule has 0 aromatic heterocycles. The van der Waals surface area contributed by atoms with Crippen molar-refractivity contribution in [1.82, 2.24) is 5.32 Å².